The van der Waals surface area contributed by atoms with Crippen LogP contribution in [0, 0.1) is 13.8 Å². The minimum atomic E-state index is -0.457. The second-order valence-electron chi connectivity index (χ2n) is 9.07. The van der Waals surface area contributed by atoms with Crippen LogP contribution in [0.25, 0.3) is 6.08 Å². The first-order valence-electron chi connectivity index (χ1n) is 12.5. The number of benzene rings is 4. The summed E-state index contributed by atoms with van der Waals surface area (Å²) in [5, 5.41) is 9.02. The van der Waals surface area contributed by atoms with E-state index in [1.165, 1.54) is 11.8 Å². The highest BCUT2D eigenvalue weighted by Gasteiger charge is 2.15. The number of hydrogen-bond acceptors (Lipinski definition) is 4. The summed E-state index contributed by atoms with van der Waals surface area (Å²) >= 11 is 7.50. The Morgan fingerprint density at radius 2 is 1.48 bits per heavy atom. The van der Waals surface area contributed by atoms with Crippen molar-refractivity contribution in [2.24, 2.45) is 0 Å². The zero-order valence-electron chi connectivity index (χ0n) is 22.0. The molecule has 3 N–H and O–H groups in total. The lowest BCUT2D eigenvalue weighted by Crippen LogP contribution is -2.30. The molecule has 4 aromatic rings. The van der Waals surface area contributed by atoms with Crippen LogP contribution >= 0.6 is 23.4 Å². The summed E-state index contributed by atoms with van der Waals surface area (Å²) in [4.78, 5) is 39.2. The predicted molar refractivity (Wildman–Crippen MR) is 164 cm³/mol. The van der Waals surface area contributed by atoms with E-state index < -0.39 is 5.91 Å². The smallest absolute Gasteiger partial charge is 0.272 e. The van der Waals surface area contributed by atoms with E-state index in [1.54, 1.807) is 48.5 Å². The largest absolute Gasteiger partial charge is 0.325 e. The Bertz CT molecular complexity index is 1540. The van der Waals surface area contributed by atoms with Crippen LogP contribution in [-0.4, -0.2) is 23.5 Å². The quantitative estimate of drug-likeness (QED) is 0.148. The van der Waals surface area contributed by atoms with Gasteiger partial charge in [0.2, 0.25) is 5.91 Å². The molecule has 0 radical (unpaired) electrons. The third-order valence-electron chi connectivity index (χ3n) is 5.85. The second kappa shape index (κ2) is 13.6. The monoisotopic (exact) mass is 569 g/mol. The molecule has 0 fully saturated rings. The molecule has 0 spiro atoms. The Hall–Kier alpha value is -4.33. The fourth-order valence-corrected chi connectivity index (χ4v) is 4.50. The molecule has 0 saturated heterocycles. The lowest BCUT2D eigenvalue weighted by molar-refractivity contribution is -0.114. The van der Waals surface area contributed by atoms with Crippen LogP contribution in [0.4, 0.5) is 11.4 Å². The summed E-state index contributed by atoms with van der Waals surface area (Å²) in [5.74, 6) is -0.776. The zero-order chi connectivity index (χ0) is 28.5. The van der Waals surface area contributed by atoms with Crippen molar-refractivity contribution in [1.82, 2.24) is 5.32 Å². The van der Waals surface area contributed by atoms with Gasteiger partial charge in [-0.3, -0.25) is 14.4 Å². The molecule has 4 aromatic carbocycles. The molecule has 202 valence electrons. The predicted octanol–water partition coefficient (Wildman–Crippen LogP) is 7.10. The fourth-order valence-electron chi connectivity index (χ4n) is 3.62. The minimum absolute atomic E-state index is 0.115. The summed E-state index contributed by atoms with van der Waals surface area (Å²) in [5.41, 5.74) is 4.57. The average molecular weight is 570 g/mol. The molecule has 0 aliphatic carbocycles. The highest BCUT2D eigenvalue weighted by molar-refractivity contribution is 8.00. The van der Waals surface area contributed by atoms with Gasteiger partial charge in [0, 0.05) is 26.9 Å². The first kappa shape index (κ1) is 28.7. The van der Waals surface area contributed by atoms with Gasteiger partial charge in [-0.1, -0.05) is 65.7 Å². The highest BCUT2D eigenvalue weighted by Crippen LogP contribution is 2.23. The lowest BCUT2D eigenvalue weighted by Gasteiger charge is -2.12. The summed E-state index contributed by atoms with van der Waals surface area (Å²) < 4.78 is 0. The van der Waals surface area contributed by atoms with Crippen molar-refractivity contribution >= 4 is 58.5 Å². The summed E-state index contributed by atoms with van der Waals surface area (Å²) in [6.45, 7) is 3.88. The third-order valence-corrected chi connectivity index (χ3v) is 7.27. The molecule has 0 unspecified atom stereocenters. The van der Waals surface area contributed by atoms with Crippen LogP contribution in [0.15, 0.2) is 108 Å². The number of halogens is 1. The fraction of sp³-hybridized carbons (Fsp3) is 0.0938. The van der Waals surface area contributed by atoms with Crippen molar-refractivity contribution in [2.45, 2.75) is 18.7 Å². The Kier molecular flexibility index (Phi) is 9.78. The van der Waals surface area contributed by atoms with Gasteiger partial charge in [0.15, 0.2) is 0 Å². The first-order valence-corrected chi connectivity index (χ1v) is 13.9. The molecule has 3 amide bonds. The first-order chi connectivity index (χ1) is 19.3. The van der Waals surface area contributed by atoms with Gasteiger partial charge >= 0.3 is 0 Å². The summed E-state index contributed by atoms with van der Waals surface area (Å²) in [6, 6.07) is 28.9. The van der Waals surface area contributed by atoms with E-state index in [0.29, 0.717) is 22.0 Å². The SMILES string of the molecule is Cc1ccc(/C=C(\NC(=O)c2ccccc2)C(=O)Nc2ccc(SCC(=O)Nc3ccc(C)c(Cl)c3)cc2)cc1. The van der Waals surface area contributed by atoms with Gasteiger partial charge in [-0.15, -0.1) is 11.8 Å². The van der Waals surface area contributed by atoms with Gasteiger partial charge in [-0.05, 0) is 79.6 Å². The van der Waals surface area contributed by atoms with Crippen molar-refractivity contribution < 1.29 is 14.4 Å². The molecule has 0 atom stereocenters. The topological polar surface area (TPSA) is 87.3 Å². The number of anilines is 2. The average Bonchev–Trinajstić information content (AvgIpc) is 2.96. The van der Waals surface area contributed by atoms with E-state index in [9.17, 15) is 14.4 Å². The molecule has 6 nitrogen and oxygen atoms in total. The maximum Gasteiger partial charge on any atom is 0.272 e. The van der Waals surface area contributed by atoms with Gasteiger partial charge in [-0.2, -0.15) is 0 Å². The number of hydrogen-bond donors (Lipinski definition) is 3. The molecule has 0 saturated carbocycles. The maximum absolute atomic E-state index is 13.2. The molecule has 0 bridgehead atoms. The van der Waals surface area contributed by atoms with Crippen LogP contribution < -0.4 is 16.0 Å². The van der Waals surface area contributed by atoms with Gasteiger partial charge in [-0.25, -0.2) is 0 Å². The van der Waals surface area contributed by atoms with E-state index in [-0.39, 0.29) is 23.3 Å². The van der Waals surface area contributed by atoms with Crippen LogP contribution in [0.5, 0.6) is 0 Å². The minimum Gasteiger partial charge on any atom is -0.325 e. The standard InChI is InChI=1S/C32H28ClN3O3S/c1-21-8-11-23(12-9-21)18-29(36-31(38)24-6-4-3-5-7-24)32(39)35-25-14-16-27(17-15-25)40-20-30(37)34-26-13-10-22(2)28(33)19-26/h3-19H,20H2,1-2H3,(H,34,37)(H,35,39)(H,36,38)/b29-18-. The second-order valence-corrected chi connectivity index (χ2v) is 10.5. The number of aryl methyl sites for hydroxylation is 2. The van der Waals surface area contributed by atoms with Gasteiger partial charge < -0.3 is 16.0 Å². The van der Waals surface area contributed by atoms with E-state index in [2.05, 4.69) is 16.0 Å². The van der Waals surface area contributed by atoms with Gasteiger partial charge in [0.05, 0.1) is 5.75 Å². The van der Waals surface area contributed by atoms with E-state index in [1.807, 2.05) is 68.4 Å². The molecule has 0 aliphatic rings. The van der Waals surface area contributed by atoms with Crippen LogP contribution in [0.3, 0.4) is 0 Å². The van der Waals surface area contributed by atoms with E-state index >= 15 is 0 Å². The Balaban J connectivity index is 1.39. The highest BCUT2D eigenvalue weighted by atomic mass is 35.5. The molecular formula is C32H28ClN3O3S. The normalized spacial score (nSPS) is 11.0. The maximum atomic E-state index is 13.2. The molecule has 0 aromatic heterocycles. The summed E-state index contributed by atoms with van der Waals surface area (Å²) in [7, 11) is 0. The van der Waals surface area contributed by atoms with Crippen LogP contribution in [0.1, 0.15) is 27.0 Å². The van der Waals surface area contributed by atoms with E-state index in [0.717, 1.165) is 21.6 Å². The van der Waals surface area contributed by atoms with Gasteiger partial charge in [0.25, 0.3) is 11.8 Å². The van der Waals surface area contributed by atoms with Crippen molar-refractivity contribution in [3.63, 3.8) is 0 Å². The van der Waals surface area contributed by atoms with Crippen molar-refractivity contribution in [3.8, 4) is 0 Å². The Labute approximate surface area is 242 Å². The number of nitrogens with one attached hydrogen (secondary N) is 3. The van der Waals surface area contributed by atoms with E-state index in [4.69, 9.17) is 11.6 Å². The number of carbonyl (C=O) groups is 3. The number of thioether (sulfide) groups is 1. The molecule has 0 aliphatic heterocycles. The number of rotatable bonds is 9. The van der Waals surface area contributed by atoms with Crippen LogP contribution in [0.2, 0.25) is 5.02 Å². The number of carbonyl (C=O) groups excluding carboxylic acids is 3. The Morgan fingerprint density at radius 3 is 2.15 bits per heavy atom. The molecular weight excluding hydrogens is 542 g/mol. The molecule has 0 heterocycles. The third kappa shape index (κ3) is 8.33. The van der Waals surface area contributed by atoms with Crippen LogP contribution in [-0.2, 0) is 9.59 Å². The van der Waals surface area contributed by atoms with Crippen molar-refractivity contribution in [1.29, 1.82) is 0 Å². The molecule has 8 heteroatoms. The van der Waals surface area contributed by atoms with Crippen molar-refractivity contribution in [3.05, 3.63) is 130 Å². The van der Waals surface area contributed by atoms with Gasteiger partial charge in [0.1, 0.15) is 5.70 Å². The zero-order valence-corrected chi connectivity index (χ0v) is 23.6. The molecule has 4 rings (SSSR count). The van der Waals surface area contributed by atoms with Crippen molar-refractivity contribution in [2.75, 3.05) is 16.4 Å². The number of amides is 3. The molecule has 40 heavy (non-hydrogen) atoms. The Morgan fingerprint density at radius 1 is 0.800 bits per heavy atom. The lowest BCUT2D eigenvalue weighted by atomic mass is 10.1. The summed E-state index contributed by atoms with van der Waals surface area (Å²) in [6.07, 6.45) is 1.64.